The molecule has 3 N–H and O–H groups in total. The Morgan fingerprint density at radius 3 is 1.77 bits per heavy atom. The van der Waals surface area contributed by atoms with Crippen LogP contribution < -0.4 is 0 Å². The lowest BCUT2D eigenvalue weighted by molar-refractivity contribution is 0.0366. The highest BCUT2D eigenvalue weighted by Crippen LogP contribution is 2.25. The summed E-state index contributed by atoms with van der Waals surface area (Å²) in [5.41, 5.74) is 2.97. The van der Waals surface area contributed by atoms with Gasteiger partial charge in [0.2, 0.25) is 0 Å². The van der Waals surface area contributed by atoms with Crippen molar-refractivity contribution in [2.45, 2.75) is 12.8 Å². The Morgan fingerprint density at radius 2 is 1.41 bits per heavy atom. The molecule has 2 fully saturated rings. The van der Waals surface area contributed by atoms with E-state index in [1.165, 1.54) is 17.5 Å². The van der Waals surface area contributed by atoms with E-state index in [0.29, 0.717) is 0 Å². The summed E-state index contributed by atoms with van der Waals surface area (Å²) in [6, 6.07) is 8.13. The van der Waals surface area contributed by atoms with Gasteiger partial charge in [-0.15, -0.1) is 11.3 Å². The predicted molar refractivity (Wildman–Crippen MR) is 84.8 cm³/mol. The first-order valence-electron chi connectivity index (χ1n) is 6.69. The van der Waals surface area contributed by atoms with Crippen LogP contribution in [0.1, 0.15) is 12.8 Å². The fourth-order valence-electron chi connectivity index (χ4n) is 1.09. The SMILES string of the molecule is C1COC1.C1COC1.O=P(O)(O)O.c1ccc2scnc2c1. The van der Waals surface area contributed by atoms with Crippen LogP contribution in [0.4, 0.5) is 0 Å². The van der Waals surface area contributed by atoms with Crippen molar-refractivity contribution < 1.29 is 28.7 Å². The summed E-state index contributed by atoms with van der Waals surface area (Å²) in [7, 11) is -4.64. The largest absolute Gasteiger partial charge is 0.466 e. The molecule has 3 heterocycles. The molecule has 0 radical (unpaired) electrons. The summed E-state index contributed by atoms with van der Waals surface area (Å²) >= 11 is 1.68. The topological polar surface area (TPSA) is 109 Å². The van der Waals surface area contributed by atoms with Gasteiger partial charge < -0.3 is 24.2 Å². The van der Waals surface area contributed by atoms with E-state index in [1.807, 2.05) is 23.7 Å². The molecule has 4 rings (SSSR count). The number of rotatable bonds is 0. The maximum atomic E-state index is 8.88. The normalized spacial score (nSPS) is 15.6. The Bertz CT molecular complexity index is 510. The fourth-order valence-corrected chi connectivity index (χ4v) is 1.77. The van der Waals surface area contributed by atoms with Gasteiger partial charge in [-0.1, -0.05) is 12.1 Å². The molecular formula is C13H20NO6PS. The Labute approximate surface area is 132 Å². The molecule has 0 unspecified atom stereocenters. The molecule has 9 heteroatoms. The van der Waals surface area contributed by atoms with E-state index < -0.39 is 7.82 Å². The standard InChI is InChI=1S/C7H5NS.2C3H6O.H3O4P/c1-2-4-7-6(3-1)8-5-9-7;2*1-2-4-3-1;1-5(2,3)4/h1-5H;2*1-3H2;(H3,1,2,3,4). The molecule has 0 saturated carbocycles. The van der Waals surface area contributed by atoms with Crippen LogP contribution in [-0.2, 0) is 14.0 Å². The van der Waals surface area contributed by atoms with Crippen molar-refractivity contribution in [1.29, 1.82) is 0 Å². The van der Waals surface area contributed by atoms with Crippen molar-refractivity contribution in [1.82, 2.24) is 4.98 Å². The number of phosphoric acid groups is 1. The number of hydrogen-bond donors (Lipinski definition) is 3. The maximum absolute atomic E-state index is 8.88. The molecule has 22 heavy (non-hydrogen) atoms. The van der Waals surface area contributed by atoms with E-state index in [4.69, 9.17) is 28.7 Å². The Kier molecular flexibility index (Phi) is 9.42. The molecule has 2 aromatic rings. The van der Waals surface area contributed by atoms with Gasteiger partial charge in [-0.2, -0.15) is 0 Å². The van der Waals surface area contributed by atoms with Crippen molar-refractivity contribution in [2.24, 2.45) is 0 Å². The van der Waals surface area contributed by atoms with Gasteiger partial charge in [-0.3, -0.25) is 0 Å². The molecule has 0 aliphatic carbocycles. The molecule has 2 saturated heterocycles. The Morgan fingerprint density at radius 1 is 1.00 bits per heavy atom. The van der Waals surface area contributed by atoms with E-state index in [0.717, 1.165) is 31.9 Å². The summed E-state index contributed by atoms with van der Waals surface area (Å²) < 4.78 is 19.6. The number of thiazole rings is 1. The van der Waals surface area contributed by atoms with Gasteiger partial charge in [0, 0.05) is 26.4 Å². The first-order chi connectivity index (χ1) is 10.5. The number of benzene rings is 1. The highest BCUT2D eigenvalue weighted by atomic mass is 32.1. The lowest BCUT2D eigenvalue weighted by Crippen LogP contribution is -2.09. The molecule has 0 bridgehead atoms. The second kappa shape index (κ2) is 10.8. The monoisotopic (exact) mass is 349 g/mol. The van der Waals surface area contributed by atoms with Crippen LogP contribution >= 0.6 is 19.2 Å². The van der Waals surface area contributed by atoms with E-state index in [1.54, 1.807) is 11.3 Å². The molecule has 0 spiro atoms. The summed E-state index contributed by atoms with van der Waals surface area (Å²) in [5.74, 6) is 0. The highest BCUT2D eigenvalue weighted by molar-refractivity contribution is 7.45. The van der Waals surface area contributed by atoms with E-state index in [2.05, 4.69) is 11.1 Å². The van der Waals surface area contributed by atoms with Gasteiger partial charge >= 0.3 is 7.82 Å². The predicted octanol–water partition coefficient (Wildman–Crippen LogP) is 2.18. The molecule has 2 aliphatic rings. The summed E-state index contributed by atoms with van der Waals surface area (Å²) in [6.45, 7) is 4.00. The van der Waals surface area contributed by atoms with Crippen LogP contribution in [0.15, 0.2) is 29.8 Å². The zero-order valence-corrected chi connectivity index (χ0v) is 13.7. The van der Waals surface area contributed by atoms with Crippen LogP contribution in [0.25, 0.3) is 10.2 Å². The highest BCUT2D eigenvalue weighted by Gasteiger charge is 2.00. The van der Waals surface area contributed by atoms with Crippen LogP contribution in [0.2, 0.25) is 0 Å². The maximum Gasteiger partial charge on any atom is 0.466 e. The number of para-hydroxylation sites is 1. The van der Waals surface area contributed by atoms with Gasteiger partial charge in [-0.25, -0.2) is 9.55 Å². The third kappa shape index (κ3) is 10.8. The van der Waals surface area contributed by atoms with E-state index in [9.17, 15) is 0 Å². The third-order valence-electron chi connectivity index (χ3n) is 2.39. The first-order valence-corrected chi connectivity index (χ1v) is 9.13. The number of aromatic nitrogens is 1. The number of ether oxygens (including phenoxy) is 2. The van der Waals surface area contributed by atoms with Crippen LogP contribution in [0.5, 0.6) is 0 Å². The second-order valence-electron chi connectivity index (χ2n) is 4.27. The van der Waals surface area contributed by atoms with Gasteiger partial charge in [0.05, 0.1) is 15.7 Å². The Balaban J connectivity index is 0.000000159. The first kappa shape index (κ1) is 19.2. The molecular weight excluding hydrogens is 329 g/mol. The average Bonchev–Trinajstić information content (AvgIpc) is 2.69. The molecule has 2 aliphatic heterocycles. The molecule has 1 aromatic carbocycles. The van der Waals surface area contributed by atoms with Gasteiger partial charge in [0.25, 0.3) is 0 Å². The number of hydrogen-bond acceptors (Lipinski definition) is 5. The van der Waals surface area contributed by atoms with Crippen LogP contribution in [0, 0.1) is 0 Å². The molecule has 0 amide bonds. The zero-order valence-electron chi connectivity index (χ0n) is 12.0. The average molecular weight is 349 g/mol. The lowest BCUT2D eigenvalue weighted by atomic mass is 10.3. The van der Waals surface area contributed by atoms with Gasteiger partial charge in [0.15, 0.2) is 0 Å². The van der Waals surface area contributed by atoms with Gasteiger partial charge in [0.1, 0.15) is 0 Å². The van der Waals surface area contributed by atoms with Gasteiger partial charge in [-0.05, 0) is 25.0 Å². The Hall–Kier alpha value is -0.860. The number of nitrogens with zero attached hydrogens (tertiary/aromatic N) is 1. The summed E-state index contributed by atoms with van der Waals surface area (Å²) in [6.07, 6.45) is 2.56. The molecule has 124 valence electrons. The van der Waals surface area contributed by atoms with Crippen molar-refractivity contribution in [3.8, 4) is 0 Å². The summed E-state index contributed by atoms with van der Waals surface area (Å²) in [4.78, 5) is 25.7. The number of fused-ring (bicyclic) bond motifs is 1. The minimum absolute atomic E-state index is 1.00. The van der Waals surface area contributed by atoms with Crippen LogP contribution in [-0.4, -0.2) is 46.1 Å². The quantitative estimate of drug-likeness (QED) is 0.625. The molecule has 1 aromatic heterocycles. The second-order valence-corrected chi connectivity index (χ2v) is 6.18. The minimum atomic E-state index is -4.64. The van der Waals surface area contributed by atoms with Crippen molar-refractivity contribution in [2.75, 3.05) is 26.4 Å². The minimum Gasteiger partial charge on any atom is -0.381 e. The summed E-state index contributed by atoms with van der Waals surface area (Å²) in [5, 5.41) is 0. The van der Waals surface area contributed by atoms with Crippen molar-refractivity contribution >= 4 is 29.4 Å². The van der Waals surface area contributed by atoms with Crippen molar-refractivity contribution in [3.05, 3.63) is 29.8 Å². The third-order valence-corrected chi connectivity index (χ3v) is 3.20. The molecule has 7 nitrogen and oxygen atoms in total. The van der Waals surface area contributed by atoms with Crippen molar-refractivity contribution in [3.63, 3.8) is 0 Å². The zero-order chi connectivity index (χ0) is 16.3. The lowest BCUT2D eigenvalue weighted by Gasteiger charge is -2.09. The molecule has 0 atom stereocenters. The fraction of sp³-hybridized carbons (Fsp3) is 0.462. The van der Waals surface area contributed by atoms with Crippen LogP contribution in [0.3, 0.4) is 0 Å². The smallest absolute Gasteiger partial charge is 0.381 e. The van der Waals surface area contributed by atoms with E-state index >= 15 is 0 Å². The van der Waals surface area contributed by atoms with E-state index in [-0.39, 0.29) is 0 Å².